The lowest BCUT2D eigenvalue weighted by atomic mass is 9.95. The summed E-state index contributed by atoms with van der Waals surface area (Å²) in [5.74, 6) is -2.24. The topological polar surface area (TPSA) is 32.7 Å². The van der Waals surface area contributed by atoms with Gasteiger partial charge in [0.2, 0.25) is 0 Å². The number of ether oxygens (including phenoxy) is 1. The Morgan fingerprint density at radius 3 is 2.58 bits per heavy atom. The molecule has 1 aliphatic heterocycles. The fraction of sp³-hybridized carbons (Fsp3) is 0.571. The SMILES string of the molecule is COC1CN(Cc2cc(F)c(O)c(F)c2)CCC1C. The van der Waals surface area contributed by atoms with Gasteiger partial charge < -0.3 is 9.84 Å². The van der Waals surface area contributed by atoms with E-state index in [0.29, 0.717) is 18.0 Å². The average molecular weight is 271 g/mol. The number of nitrogens with zero attached hydrogens (tertiary/aromatic N) is 1. The predicted octanol–water partition coefficient (Wildman–Crippen LogP) is 2.53. The van der Waals surface area contributed by atoms with Gasteiger partial charge in [0.05, 0.1) is 6.10 Å². The summed E-state index contributed by atoms with van der Waals surface area (Å²) in [5, 5.41) is 9.07. The summed E-state index contributed by atoms with van der Waals surface area (Å²) in [7, 11) is 1.69. The second-order valence-electron chi connectivity index (χ2n) is 5.18. The number of benzene rings is 1. The van der Waals surface area contributed by atoms with Crippen LogP contribution in [0.3, 0.4) is 0 Å². The third kappa shape index (κ3) is 3.22. The number of methoxy groups -OCH3 is 1. The highest BCUT2D eigenvalue weighted by molar-refractivity contribution is 5.30. The highest BCUT2D eigenvalue weighted by Crippen LogP contribution is 2.24. The first-order valence-electron chi connectivity index (χ1n) is 6.43. The van der Waals surface area contributed by atoms with Crippen molar-refractivity contribution in [2.45, 2.75) is 26.0 Å². The summed E-state index contributed by atoms with van der Waals surface area (Å²) >= 11 is 0. The summed E-state index contributed by atoms with van der Waals surface area (Å²) in [4.78, 5) is 2.11. The summed E-state index contributed by atoms with van der Waals surface area (Å²) in [6.45, 7) is 4.24. The maximum atomic E-state index is 13.3. The Morgan fingerprint density at radius 1 is 1.37 bits per heavy atom. The third-order valence-corrected chi connectivity index (χ3v) is 3.76. The molecule has 2 atom stereocenters. The van der Waals surface area contributed by atoms with Gasteiger partial charge in [-0.2, -0.15) is 0 Å². The Kier molecular flexibility index (Phi) is 4.37. The molecule has 1 aromatic rings. The van der Waals surface area contributed by atoms with E-state index in [1.165, 1.54) is 12.1 Å². The van der Waals surface area contributed by atoms with E-state index in [1.54, 1.807) is 7.11 Å². The Labute approximate surface area is 111 Å². The lowest BCUT2D eigenvalue weighted by Gasteiger charge is -2.36. The molecule has 0 amide bonds. The van der Waals surface area contributed by atoms with Crippen molar-refractivity contribution in [3.05, 3.63) is 29.3 Å². The summed E-state index contributed by atoms with van der Waals surface area (Å²) in [6, 6.07) is 2.36. The van der Waals surface area contributed by atoms with Crippen molar-refractivity contribution < 1.29 is 18.6 Å². The first-order chi connectivity index (χ1) is 9.01. The fourth-order valence-electron chi connectivity index (χ4n) is 2.52. The molecule has 1 fully saturated rings. The maximum Gasteiger partial charge on any atom is 0.187 e. The molecule has 1 aliphatic rings. The molecule has 5 heteroatoms. The Hall–Kier alpha value is -1.20. The number of halogens is 2. The number of rotatable bonds is 3. The van der Waals surface area contributed by atoms with E-state index in [0.717, 1.165) is 19.5 Å². The predicted molar refractivity (Wildman–Crippen MR) is 67.9 cm³/mol. The van der Waals surface area contributed by atoms with Crippen LogP contribution in [0, 0.1) is 17.6 Å². The zero-order valence-corrected chi connectivity index (χ0v) is 11.2. The van der Waals surface area contributed by atoms with Crippen LogP contribution in [0.4, 0.5) is 8.78 Å². The van der Waals surface area contributed by atoms with Crippen molar-refractivity contribution in [1.82, 2.24) is 4.90 Å². The van der Waals surface area contributed by atoms with Crippen molar-refractivity contribution in [2.24, 2.45) is 5.92 Å². The van der Waals surface area contributed by atoms with E-state index in [9.17, 15) is 8.78 Å². The number of piperidine rings is 1. The van der Waals surface area contributed by atoms with Gasteiger partial charge in [0, 0.05) is 20.2 Å². The van der Waals surface area contributed by atoms with E-state index in [4.69, 9.17) is 9.84 Å². The van der Waals surface area contributed by atoms with Gasteiger partial charge in [-0.25, -0.2) is 8.78 Å². The molecule has 106 valence electrons. The fourth-order valence-corrected chi connectivity index (χ4v) is 2.52. The molecule has 3 nitrogen and oxygen atoms in total. The third-order valence-electron chi connectivity index (χ3n) is 3.76. The molecule has 0 radical (unpaired) electrons. The number of hydrogen-bond donors (Lipinski definition) is 1. The molecule has 2 rings (SSSR count). The van der Waals surface area contributed by atoms with Crippen molar-refractivity contribution in [3.8, 4) is 5.75 Å². The van der Waals surface area contributed by atoms with Crippen LogP contribution >= 0.6 is 0 Å². The standard InChI is InChI=1S/C14H19F2NO2/c1-9-3-4-17(8-13(9)19-2)7-10-5-11(15)14(18)12(16)6-10/h5-6,9,13,18H,3-4,7-8H2,1-2H3. The van der Waals surface area contributed by atoms with Crippen LogP contribution in [0.15, 0.2) is 12.1 Å². The number of hydrogen-bond acceptors (Lipinski definition) is 3. The quantitative estimate of drug-likeness (QED) is 0.917. The zero-order valence-electron chi connectivity index (χ0n) is 11.2. The molecule has 0 saturated carbocycles. The molecule has 0 aliphatic carbocycles. The molecule has 19 heavy (non-hydrogen) atoms. The van der Waals surface area contributed by atoms with Crippen molar-refractivity contribution in [1.29, 1.82) is 0 Å². The lowest BCUT2D eigenvalue weighted by Crippen LogP contribution is -2.43. The molecule has 0 spiro atoms. The van der Waals surface area contributed by atoms with Gasteiger partial charge >= 0.3 is 0 Å². The largest absolute Gasteiger partial charge is 0.503 e. The van der Waals surface area contributed by atoms with Crippen LogP contribution in [0.1, 0.15) is 18.9 Å². The number of phenols is 1. The van der Waals surface area contributed by atoms with Crippen molar-refractivity contribution in [2.75, 3.05) is 20.2 Å². The minimum Gasteiger partial charge on any atom is -0.503 e. The van der Waals surface area contributed by atoms with Crippen LogP contribution in [0.2, 0.25) is 0 Å². The van der Waals surface area contributed by atoms with Gasteiger partial charge in [-0.05, 0) is 36.6 Å². The van der Waals surface area contributed by atoms with Crippen LogP contribution in [-0.2, 0) is 11.3 Å². The second kappa shape index (κ2) is 5.84. The molecule has 0 aromatic heterocycles. The van der Waals surface area contributed by atoms with Crippen LogP contribution < -0.4 is 0 Å². The van der Waals surface area contributed by atoms with E-state index in [-0.39, 0.29) is 6.10 Å². The molecule has 2 unspecified atom stereocenters. The van der Waals surface area contributed by atoms with Gasteiger partial charge in [0.25, 0.3) is 0 Å². The molecule has 1 heterocycles. The van der Waals surface area contributed by atoms with E-state index < -0.39 is 17.4 Å². The number of aromatic hydroxyl groups is 1. The zero-order chi connectivity index (χ0) is 14.0. The molecular formula is C14H19F2NO2. The van der Waals surface area contributed by atoms with Crippen LogP contribution in [0.25, 0.3) is 0 Å². The normalized spacial score (nSPS) is 24.6. The first-order valence-corrected chi connectivity index (χ1v) is 6.43. The molecule has 1 saturated heterocycles. The van der Waals surface area contributed by atoms with Gasteiger partial charge in [0.15, 0.2) is 17.4 Å². The van der Waals surface area contributed by atoms with E-state index in [2.05, 4.69) is 11.8 Å². The lowest BCUT2D eigenvalue weighted by molar-refractivity contribution is -0.00749. The molecular weight excluding hydrogens is 252 g/mol. The highest BCUT2D eigenvalue weighted by atomic mass is 19.1. The summed E-state index contributed by atoms with van der Waals surface area (Å²) in [6.07, 6.45) is 1.15. The van der Waals surface area contributed by atoms with E-state index in [1.807, 2.05) is 0 Å². The van der Waals surface area contributed by atoms with Gasteiger partial charge in [0.1, 0.15) is 0 Å². The molecule has 1 aromatic carbocycles. The monoisotopic (exact) mass is 271 g/mol. The Morgan fingerprint density at radius 2 is 2.00 bits per heavy atom. The molecule has 0 bridgehead atoms. The van der Waals surface area contributed by atoms with E-state index >= 15 is 0 Å². The Balaban J connectivity index is 2.05. The highest BCUT2D eigenvalue weighted by Gasteiger charge is 2.26. The van der Waals surface area contributed by atoms with Crippen LogP contribution in [-0.4, -0.2) is 36.3 Å². The average Bonchev–Trinajstić information content (AvgIpc) is 2.38. The second-order valence-corrected chi connectivity index (χ2v) is 5.18. The summed E-state index contributed by atoms with van der Waals surface area (Å²) < 4.78 is 31.9. The minimum absolute atomic E-state index is 0.153. The summed E-state index contributed by atoms with van der Waals surface area (Å²) in [5.41, 5.74) is 0.525. The first kappa shape index (κ1) is 14.2. The smallest absolute Gasteiger partial charge is 0.187 e. The van der Waals surface area contributed by atoms with Gasteiger partial charge in [-0.15, -0.1) is 0 Å². The van der Waals surface area contributed by atoms with Crippen molar-refractivity contribution >= 4 is 0 Å². The number of phenolic OH excluding ortho intramolecular Hbond substituents is 1. The van der Waals surface area contributed by atoms with Gasteiger partial charge in [-0.3, -0.25) is 4.90 Å². The van der Waals surface area contributed by atoms with Gasteiger partial charge in [-0.1, -0.05) is 6.92 Å². The minimum atomic E-state index is -0.913. The van der Waals surface area contributed by atoms with Crippen molar-refractivity contribution in [3.63, 3.8) is 0 Å². The van der Waals surface area contributed by atoms with Crippen LogP contribution in [0.5, 0.6) is 5.75 Å². The number of likely N-dealkylation sites (tertiary alicyclic amines) is 1. The Bertz CT molecular complexity index is 430. The maximum absolute atomic E-state index is 13.3. The molecule has 1 N–H and O–H groups in total.